The van der Waals surface area contributed by atoms with Crippen molar-refractivity contribution in [3.05, 3.63) is 0 Å². The van der Waals surface area contributed by atoms with Gasteiger partial charge in [0.2, 0.25) is 11.8 Å². The Balaban J connectivity index is 5.53. The minimum absolute atomic E-state index is 0.320. The first-order chi connectivity index (χ1) is 10.4. The van der Waals surface area contributed by atoms with E-state index in [4.69, 9.17) is 10.8 Å². The van der Waals surface area contributed by atoms with Gasteiger partial charge in [-0.15, -0.1) is 0 Å². The van der Waals surface area contributed by atoms with Crippen molar-refractivity contribution in [2.24, 2.45) is 5.73 Å². The summed E-state index contributed by atoms with van der Waals surface area (Å²) in [5.74, 6) is -3.07. The smallest absolute Gasteiger partial charge is 0.341 e. The van der Waals surface area contributed by atoms with E-state index in [1.165, 1.54) is 6.92 Å². The molecule has 0 aromatic heterocycles. The van der Waals surface area contributed by atoms with Gasteiger partial charge in [-0.1, -0.05) is 13.3 Å². The van der Waals surface area contributed by atoms with Crippen molar-refractivity contribution in [2.45, 2.75) is 57.4 Å². The van der Waals surface area contributed by atoms with Crippen molar-refractivity contribution in [1.29, 1.82) is 0 Å². The molecule has 0 rings (SSSR count). The molecule has 0 spiro atoms. The molecule has 0 radical (unpaired) electrons. The average Bonchev–Trinajstić information content (AvgIpc) is 2.34. The monoisotopic (exact) mass is 353 g/mol. The Labute approximate surface area is 134 Å². The molecule has 23 heavy (non-hydrogen) atoms. The van der Waals surface area contributed by atoms with E-state index in [9.17, 15) is 28.7 Å². The molecule has 4 atom stereocenters. The highest BCUT2D eigenvalue weighted by Gasteiger charge is 2.46. The third-order valence-electron chi connectivity index (χ3n) is 3.17. The summed E-state index contributed by atoms with van der Waals surface area (Å²) in [5, 5.41) is 13.7. The lowest BCUT2D eigenvalue weighted by atomic mass is 10.0. The topological polar surface area (TPSA) is 179 Å². The van der Waals surface area contributed by atoms with Crippen LogP contribution >= 0.6 is 7.60 Å². The van der Waals surface area contributed by atoms with E-state index in [0.717, 1.165) is 6.92 Å². The van der Waals surface area contributed by atoms with E-state index in [2.05, 4.69) is 10.6 Å². The number of hydrogen-bond acceptors (Lipinski definition) is 5. The summed E-state index contributed by atoms with van der Waals surface area (Å²) in [5.41, 5.74) is 3.42. The van der Waals surface area contributed by atoms with Crippen LogP contribution < -0.4 is 16.4 Å². The second kappa shape index (κ2) is 8.97. The number of hydrogen-bond donors (Lipinski definition) is 6. The number of nitrogens with two attached hydrogens (primary N) is 1. The van der Waals surface area contributed by atoms with Crippen molar-refractivity contribution in [3.63, 3.8) is 0 Å². The normalized spacial score (nSPS) is 16.8. The Morgan fingerprint density at radius 2 is 1.74 bits per heavy atom. The predicted molar refractivity (Wildman–Crippen MR) is 81.6 cm³/mol. The maximum Gasteiger partial charge on any atom is 0.341 e. The van der Waals surface area contributed by atoms with Crippen LogP contribution in [0.1, 0.15) is 33.6 Å². The highest BCUT2D eigenvalue weighted by molar-refractivity contribution is 7.53. The number of nitrogens with one attached hydrogen (secondary N) is 2. The SMILES string of the molecule is CCC[C@H](N)C(=O)NC(C(C)NC(C)=O)C(C(=O)O)P(=O)(O)O. The number of carboxylic acids is 1. The predicted octanol–water partition coefficient (Wildman–Crippen LogP) is -1.25. The number of amides is 2. The first kappa shape index (κ1) is 21.5. The third-order valence-corrected chi connectivity index (χ3v) is 4.44. The molecule has 0 aliphatic heterocycles. The van der Waals surface area contributed by atoms with Crippen LogP contribution in [0.5, 0.6) is 0 Å². The van der Waals surface area contributed by atoms with Crippen LogP contribution in [0.25, 0.3) is 0 Å². The van der Waals surface area contributed by atoms with Gasteiger partial charge in [-0.3, -0.25) is 18.9 Å². The lowest BCUT2D eigenvalue weighted by molar-refractivity contribution is -0.138. The van der Waals surface area contributed by atoms with Gasteiger partial charge in [0, 0.05) is 13.0 Å². The molecule has 11 heteroatoms. The van der Waals surface area contributed by atoms with Gasteiger partial charge >= 0.3 is 13.6 Å². The number of carboxylic acid groups (broad SMARTS) is 1. The van der Waals surface area contributed by atoms with Crippen molar-refractivity contribution >= 4 is 25.4 Å². The van der Waals surface area contributed by atoms with E-state index < -0.39 is 49.2 Å². The van der Waals surface area contributed by atoms with Crippen molar-refractivity contribution in [2.75, 3.05) is 0 Å². The van der Waals surface area contributed by atoms with Crippen LogP contribution in [0.3, 0.4) is 0 Å². The Morgan fingerprint density at radius 3 is 2.09 bits per heavy atom. The van der Waals surface area contributed by atoms with Crippen LogP contribution in [-0.4, -0.2) is 56.5 Å². The summed E-state index contributed by atoms with van der Waals surface area (Å²) >= 11 is 0. The Morgan fingerprint density at radius 1 is 1.22 bits per heavy atom. The zero-order valence-electron chi connectivity index (χ0n) is 13.2. The van der Waals surface area contributed by atoms with Gasteiger partial charge in [0.15, 0.2) is 5.66 Å². The van der Waals surface area contributed by atoms with Gasteiger partial charge < -0.3 is 31.3 Å². The Kier molecular flexibility index (Phi) is 8.39. The largest absolute Gasteiger partial charge is 0.480 e. The van der Waals surface area contributed by atoms with Crippen molar-refractivity contribution in [3.8, 4) is 0 Å². The highest BCUT2D eigenvalue weighted by Crippen LogP contribution is 2.43. The number of carbonyl (C=O) groups is 3. The minimum atomic E-state index is -5.09. The van der Waals surface area contributed by atoms with Crippen LogP contribution in [-0.2, 0) is 18.9 Å². The molecule has 0 bridgehead atoms. The quantitative estimate of drug-likeness (QED) is 0.278. The number of rotatable bonds is 9. The summed E-state index contributed by atoms with van der Waals surface area (Å²) in [6.07, 6.45) is 0.919. The molecule has 2 amide bonds. The molecule has 0 saturated carbocycles. The summed E-state index contributed by atoms with van der Waals surface area (Å²) in [6.45, 7) is 4.29. The molecule has 0 saturated heterocycles. The number of carbonyl (C=O) groups excluding carboxylic acids is 2. The van der Waals surface area contributed by atoms with E-state index in [0.29, 0.717) is 12.8 Å². The van der Waals surface area contributed by atoms with Gasteiger partial charge in [0.05, 0.1) is 12.1 Å². The first-order valence-corrected chi connectivity index (χ1v) is 8.71. The maximum absolute atomic E-state index is 12.0. The van der Waals surface area contributed by atoms with Gasteiger partial charge in [-0.25, -0.2) is 0 Å². The van der Waals surface area contributed by atoms with E-state index in [-0.39, 0.29) is 0 Å². The fourth-order valence-electron chi connectivity index (χ4n) is 2.11. The molecule has 0 heterocycles. The van der Waals surface area contributed by atoms with Crippen LogP contribution in [0.4, 0.5) is 0 Å². The molecule has 134 valence electrons. The van der Waals surface area contributed by atoms with Crippen molar-refractivity contribution in [1.82, 2.24) is 10.6 Å². The van der Waals surface area contributed by atoms with Gasteiger partial charge in [-0.05, 0) is 13.3 Å². The molecular weight excluding hydrogens is 329 g/mol. The number of aliphatic carboxylic acids is 1. The third kappa shape index (κ3) is 7.08. The second-order valence-electron chi connectivity index (χ2n) is 5.29. The zero-order chi connectivity index (χ0) is 18.4. The standard InChI is InChI=1S/C12H24N3O7P/c1-4-5-8(13)11(17)15-9(6(2)14-7(3)16)10(12(18)19)23(20,21)22/h6,8-10H,4-5,13H2,1-3H3,(H,14,16)(H,15,17)(H,18,19)(H2,20,21,22)/t6?,8-,9?,10?/m0/s1. The molecule has 0 aromatic rings. The second-order valence-corrected chi connectivity index (χ2v) is 7.03. The summed E-state index contributed by atoms with van der Waals surface area (Å²) in [4.78, 5) is 53.0. The molecular formula is C12H24N3O7P. The van der Waals surface area contributed by atoms with E-state index in [1.807, 2.05) is 0 Å². The van der Waals surface area contributed by atoms with Crippen molar-refractivity contribution < 1.29 is 33.8 Å². The Bertz CT molecular complexity index is 493. The van der Waals surface area contributed by atoms with E-state index in [1.54, 1.807) is 6.92 Å². The molecule has 0 aliphatic rings. The minimum Gasteiger partial charge on any atom is -0.480 e. The van der Waals surface area contributed by atoms with Gasteiger partial charge in [0.1, 0.15) is 0 Å². The van der Waals surface area contributed by atoms with Crippen LogP contribution in [0.2, 0.25) is 0 Å². The van der Waals surface area contributed by atoms with Crippen LogP contribution in [0, 0.1) is 0 Å². The highest BCUT2D eigenvalue weighted by atomic mass is 31.2. The molecule has 7 N–H and O–H groups in total. The summed E-state index contributed by atoms with van der Waals surface area (Å²) < 4.78 is 11.5. The fraction of sp³-hybridized carbons (Fsp3) is 0.750. The summed E-state index contributed by atoms with van der Waals surface area (Å²) in [7, 11) is -5.09. The molecule has 3 unspecified atom stereocenters. The fourth-order valence-corrected chi connectivity index (χ4v) is 3.15. The molecule has 0 aromatic carbocycles. The first-order valence-electron chi connectivity index (χ1n) is 7.02. The van der Waals surface area contributed by atoms with E-state index >= 15 is 0 Å². The molecule has 0 fully saturated rings. The van der Waals surface area contributed by atoms with Gasteiger partial charge in [0.25, 0.3) is 0 Å². The average molecular weight is 353 g/mol. The lowest BCUT2D eigenvalue weighted by Crippen LogP contribution is -2.59. The molecule has 10 nitrogen and oxygen atoms in total. The summed E-state index contributed by atoms with van der Waals surface area (Å²) in [6, 6.07) is -3.50. The molecule has 0 aliphatic carbocycles. The zero-order valence-corrected chi connectivity index (χ0v) is 14.1. The lowest BCUT2D eigenvalue weighted by Gasteiger charge is -2.31. The maximum atomic E-state index is 12.0. The van der Waals surface area contributed by atoms with Crippen LogP contribution in [0.15, 0.2) is 0 Å². The Hall–Kier alpha value is -1.48. The van der Waals surface area contributed by atoms with Gasteiger partial charge in [-0.2, -0.15) is 0 Å².